The molecule has 0 radical (unpaired) electrons. The second-order valence-corrected chi connectivity index (χ2v) is 5.07. The second kappa shape index (κ2) is 8.77. The molecule has 0 heterocycles. The van der Waals surface area contributed by atoms with Gasteiger partial charge in [0.25, 0.3) is 0 Å². The zero-order valence-electron chi connectivity index (χ0n) is 12.9. The average Bonchev–Trinajstić information content (AvgIpc) is 2.44. The van der Waals surface area contributed by atoms with Crippen LogP contribution in [0.1, 0.15) is 13.8 Å². The van der Waals surface area contributed by atoms with Gasteiger partial charge in [-0.15, -0.1) is 0 Å². The number of hydrogen-bond acceptors (Lipinski definition) is 4. The molecular weight excluding hydrogens is 315 g/mol. The van der Waals surface area contributed by atoms with Crippen LogP contribution in [0.25, 0.3) is 0 Å². The fraction of sp³-hybridized carbons (Fsp3) is 0.500. The second-order valence-electron chi connectivity index (χ2n) is 4.67. The third kappa shape index (κ3) is 5.67. The van der Waals surface area contributed by atoms with Crippen molar-refractivity contribution < 1.29 is 23.4 Å². The Balaban J connectivity index is 2.73. The molecule has 0 fully saturated rings. The lowest BCUT2D eigenvalue weighted by Crippen LogP contribution is -2.37. The van der Waals surface area contributed by atoms with E-state index < -0.39 is 18.1 Å². The van der Waals surface area contributed by atoms with Gasteiger partial charge in [-0.3, -0.25) is 0 Å². The molecule has 0 saturated carbocycles. The van der Waals surface area contributed by atoms with E-state index in [0.717, 1.165) is 6.07 Å². The quantitative estimate of drug-likeness (QED) is 0.752. The summed E-state index contributed by atoms with van der Waals surface area (Å²) < 4.78 is 29.1. The largest absolute Gasteiger partial charge is 0.489 e. The molecule has 1 aromatic carbocycles. The Bertz CT molecular complexity index is 510. The highest BCUT2D eigenvalue weighted by atomic mass is 35.5. The lowest BCUT2D eigenvalue weighted by atomic mass is 10.2. The number of benzene rings is 1. The van der Waals surface area contributed by atoms with Gasteiger partial charge >= 0.3 is 6.03 Å². The average molecular weight is 335 g/mol. The number of carbonyl (C=O) groups is 1. The van der Waals surface area contributed by atoms with Crippen LogP contribution in [-0.2, 0) is 9.47 Å². The minimum atomic E-state index is -0.661. The number of methoxy groups -OCH3 is 2. The van der Waals surface area contributed by atoms with E-state index in [-0.39, 0.29) is 23.4 Å². The molecule has 2 amide bonds. The summed E-state index contributed by atoms with van der Waals surface area (Å²) in [6.07, 6.45) is -0.713. The van der Waals surface area contributed by atoms with E-state index in [0.29, 0.717) is 5.75 Å². The van der Waals surface area contributed by atoms with E-state index >= 15 is 0 Å². The number of urea groups is 1. The number of nitrogens with one attached hydrogen (secondary N) is 2. The Morgan fingerprint density at radius 1 is 1.32 bits per heavy atom. The van der Waals surface area contributed by atoms with Crippen molar-refractivity contribution in [1.82, 2.24) is 5.32 Å². The monoisotopic (exact) mass is 334 g/mol. The molecular formula is C14H20ClFN2O4. The molecule has 6 nitrogen and oxygen atoms in total. The van der Waals surface area contributed by atoms with E-state index in [9.17, 15) is 9.18 Å². The maximum absolute atomic E-state index is 13.8. The first-order chi connectivity index (χ1) is 10.4. The summed E-state index contributed by atoms with van der Waals surface area (Å²) >= 11 is 5.90. The topological polar surface area (TPSA) is 68.8 Å². The number of carbonyl (C=O) groups excluding carboxylic acids is 1. The summed E-state index contributed by atoms with van der Waals surface area (Å²) in [7, 11) is 2.89. The van der Waals surface area contributed by atoms with E-state index in [4.69, 9.17) is 25.8 Å². The molecule has 124 valence electrons. The minimum Gasteiger partial charge on any atom is -0.489 e. The summed E-state index contributed by atoms with van der Waals surface area (Å²) in [4.78, 5) is 11.7. The Hall–Kier alpha value is -1.57. The number of anilines is 1. The summed E-state index contributed by atoms with van der Waals surface area (Å²) in [6, 6.07) is 1.82. The van der Waals surface area contributed by atoms with Gasteiger partial charge in [0.1, 0.15) is 11.6 Å². The fourth-order valence-corrected chi connectivity index (χ4v) is 1.77. The minimum absolute atomic E-state index is 0.0380. The van der Waals surface area contributed by atoms with Crippen molar-refractivity contribution in [1.29, 1.82) is 0 Å². The number of halogens is 2. The SMILES string of the molecule is COC(CNC(=O)Nc1cc(OC(C)C)c(Cl)cc1F)OC. The molecule has 0 spiro atoms. The molecule has 0 aliphatic heterocycles. The highest BCUT2D eigenvalue weighted by molar-refractivity contribution is 6.32. The molecule has 1 aromatic rings. The number of rotatable bonds is 7. The molecule has 0 atom stereocenters. The molecule has 0 saturated heterocycles. The molecule has 1 rings (SSSR count). The third-order valence-electron chi connectivity index (χ3n) is 2.59. The van der Waals surface area contributed by atoms with Gasteiger partial charge in [-0.2, -0.15) is 0 Å². The van der Waals surface area contributed by atoms with Gasteiger partial charge in [0.05, 0.1) is 23.4 Å². The van der Waals surface area contributed by atoms with Crippen LogP contribution in [0.4, 0.5) is 14.9 Å². The standard InChI is InChI=1S/C14H20ClFN2O4/c1-8(2)22-12-6-11(10(16)5-9(12)15)18-14(19)17-7-13(20-3)21-4/h5-6,8,13H,7H2,1-4H3,(H2,17,18,19). The van der Waals surface area contributed by atoms with Crippen molar-refractivity contribution in [2.75, 3.05) is 26.1 Å². The predicted octanol–water partition coefficient (Wildman–Crippen LogP) is 3.01. The molecule has 8 heteroatoms. The lowest BCUT2D eigenvalue weighted by Gasteiger charge is -2.16. The van der Waals surface area contributed by atoms with E-state index in [2.05, 4.69) is 10.6 Å². The van der Waals surface area contributed by atoms with Crippen LogP contribution in [0.2, 0.25) is 5.02 Å². The molecule has 0 aliphatic carbocycles. The Morgan fingerprint density at radius 2 is 1.95 bits per heavy atom. The Morgan fingerprint density at radius 3 is 2.50 bits per heavy atom. The molecule has 0 aliphatic rings. The van der Waals surface area contributed by atoms with E-state index in [1.54, 1.807) is 0 Å². The molecule has 0 bridgehead atoms. The summed E-state index contributed by atoms with van der Waals surface area (Å²) in [6.45, 7) is 3.74. The first kappa shape index (κ1) is 18.5. The lowest BCUT2D eigenvalue weighted by molar-refractivity contribution is -0.0970. The predicted molar refractivity (Wildman–Crippen MR) is 82.0 cm³/mol. The van der Waals surface area contributed by atoms with E-state index in [1.807, 2.05) is 13.8 Å². The van der Waals surface area contributed by atoms with Gasteiger partial charge in [0, 0.05) is 20.3 Å². The van der Waals surface area contributed by atoms with Gasteiger partial charge in [-0.05, 0) is 19.9 Å². The molecule has 22 heavy (non-hydrogen) atoms. The van der Waals surface area contributed by atoms with Crippen molar-refractivity contribution in [3.8, 4) is 5.75 Å². The van der Waals surface area contributed by atoms with Gasteiger partial charge in [-0.1, -0.05) is 11.6 Å². The van der Waals surface area contributed by atoms with Crippen LogP contribution < -0.4 is 15.4 Å². The van der Waals surface area contributed by atoms with Crippen LogP contribution in [-0.4, -0.2) is 39.2 Å². The van der Waals surface area contributed by atoms with Crippen LogP contribution in [0.5, 0.6) is 5.75 Å². The summed E-state index contributed by atoms with van der Waals surface area (Å²) in [5.74, 6) is -0.369. The maximum atomic E-state index is 13.8. The highest BCUT2D eigenvalue weighted by Crippen LogP contribution is 2.31. The van der Waals surface area contributed by atoms with Gasteiger partial charge < -0.3 is 24.8 Å². The number of amides is 2. The van der Waals surface area contributed by atoms with Gasteiger partial charge in [0.2, 0.25) is 0 Å². The van der Waals surface area contributed by atoms with Crippen LogP contribution in [0.15, 0.2) is 12.1 Å². The van der Waals surface area contributed by atoms with Crippen molar-refractivity contribution in [2.45, 2.75) is 26.2 Å². The molecule has 0 unspecified atom stereocenters. The van der Waals surface area contributed by atoms with Crippen LogP contribution >= 0.6 is 11.6 Å². The zero-order chi connectivity index (χ0) is 16.7. The zero-order valence-corrected chi connectivity index (χ0v) is 13.7. The number of ether oxygens (including phenoxy) is 3. The van der Waals surface area contributed by atoms with Crippen LogP contribution in [0, 0.1) is 5.82 Å². The molecule has 2 N–H and O–H groups in total. The summed E-state index contributed by atoms with van der Waals surface area (Å²) in [5.41, 5.74) is -0.0380. The van der Waals surface area contributed by atoms with Crippen LogP contribution in [0.3, 0.4) is 0 Å². The Kier molecular flexibility index (Phi) is 7.37. The summed E-state index contributed by atoms with van der Waals surface area (Å²) in [5, 5.41) is 5.01. The highest BCUT2D eigenvalue weighted by Gasteiger charge is 2.14. The van der Waals surface area contributed by atoms with Crippen molar-refractivity contribution in [3.05, 3.63) is 23.0 Å². The fourth-order valence-electron chi connectivity index (χ4n) is 1.57. The van der Waals surface area contributed by atoms with Crippen molar-refractivity contribution in [2.24, 2.45) is 0 Å². The number of hydrogen-bond donors (Lipinski definition) is 2. The molecule has 0 aromatic heterocycles. The smallest absolute Gasteiger partial charge is 0.319 e. The van der Waals surface area contributed by atoms with E-state index in [1.165, 1.54) is 20.3 Å². The van der Waals surface area contributed by atoms with Crippen molar-refractivity contribution >= 4 is 23.3 Å². The van der Waals surface area contributed by atoms with Gasteiger partial charge in [-0.25, -0.2) is 9.18 Å². The first-order valence-corrected chi connectivity index (χ1v) is 7.01. The maximum Gasteiger partial charge on any atom is 0.319 e. The normalized spacial score (nSPS) is 10.9. The van der Waals surface area contributed by atoms with Crippen molar-refractivity contribution in [3.63, 3.8) is 0 Å². The third-order valence-corrected chi connectivity index (χ3v) is 2.88. The Labute approximate surface area is 133 Å². The first-order valence-electron chi connectivity index (χ1n) is 6.63. The van der Waals surface area contributed by atoms with Gasteiger partial charge in [0.15, 0.2) is 6.29 Å².